The second-order valence-corrected chi connectivity index (χ2v) is 39.3. The van der Waals surface area contributed by atoms with Gasteiger partial charge in [0.2, 0.25) is 0 Å². The van der Waals surface area contributed by atoms with E-state index in [1.165, 1.54) is 28.4 Å². The lowest BCUT2D eigenvalue weighted by molar-refractivity contribution is -0.154. The topological polar surface area (TPSA) is 195 Å². The van der Waals surface area contributed by atoms with E-state index < -0.39 is 79.7 Å². The van der Waals surface area contributed by atoms with Gasteiger partial charge in [0, 0.05) is 17.9 Å². The van der Waals surface area contributed by atoms with Gasteiger partial charge in [-0.15, -0.1) is 0 Å². The van der Waals surface area contributed by atoms with E-state index in [0.717, 1.165) is 40.1 Å². The van der Waals surface area contributed by atoms with Crippen molar-refractivity contribution >= 4 is 119 Å². The number of rotatable bonds is 28. The number of hydrogen-bond acceptors (Lipinski definition) is 16. The van der Waals surface area contributed by atoms with E-state index in [1.54, 1.807) is 0 Å². The Hall–Kier alpha value is -2.67. The Kier molecular flexibility index (Phi) is 29.1. The fraction of sp³-hybridized carbons (Fsp3) is 0.500. The molecule has 0 aromatic heterocycles. The number of hydrogen-bond donors (Lipinski definition) is 0. The molecule has 80 heavy (non-hydrogen) atoms. The van der Waals surface area contributed by atoms with Gasteiger partial charge in [0.05, 0.1) is 79.0 Å². The molecule has 0 fully saturated rings. The van der Waals surface area contributed by atoms with Gasteiger partial charge in [-0.3, -0.25) is 18.7 Å². The third-order valence-corrected chi connectivity index (χ3v) is 28.7. The van der Waals surface area contributed by atoms with E-state index in [1.807, 2.05) is 165 Å². The van der Waals surface area contributed by atoms with Crippen molar-refractivity contribution in [1.82, 2.24) is 0 Å². The van der Waals surface area contributed by atoms with Crippen LogP contribution >= 0.6 is 78.9 Å². The maximum Gasteiger partial charge on any atom is 0.333 e. The van der Waals surface area contributed by atoms with Gasteiger partial charge in [-0.1, -0.05) is 154 Å². The van der Waals surface area contributed by atoms with Crippen LogP contribution in [0.25, 0.3) is 0 Å². The first-order valence-electron chi connectivity index (χ1n) is 25.6. The van der Waals surface area contributed by atoms with Crippen LogP contribution in [0.1, 0.15) is 76.6 Å². The first-order valence-corrected chi connectivity index (χ1v) is 38.0. The van der Waals surface area contributed by atoms with Gasteiger partial charge in [0.1, 0.15) is 12.2 Å². The Morgan fingerprint density at radius 2 is 0.625 bits per heavy atom. The number of methoxy groups -OCH3 is 4. The Balaban J connectivity index is 0.000000420. The number of carbonyl (C=O) groups is 4. The van der Waals surface area contributed by atoms with Crippen LogP contribution in [0.4, 0.5) is 0 Å². The first-order chi connectivity index (χ1) is 37.2. The van der Waals surface area contributed by atoms with Crippen molar-refractivity contribution in [3.8, 4) is 0 Å². The molecule has 4 aromatic rings. The standard InChI is InChI=1S/2C28H39Br2O8PSi/c2*1-28(2,3)40(6,7)38-25(27(32)35-5)16-22(26(31)34-4)19-39(33,36-17-20-8-12-23(29)13-9-20)37-18-21-10-14-24(30)15-11-21/h2*8-15,22,25H,16-19H2,1-7H3/t22-,25+;22-,25-/m10/s1. The molecular formula is C56H78Br4O16P2Si2. The molecule has 16 nitrogen and oxygen atoms in total. The molecule has 4 aromatic carbocycles. The molecular weight excluding hydrogens is 1370 g/mol. The molecule has 0 saturated carbocycles. The van der Waals surface area contributed by atoms with Gasteiger partial charge in [-0.2, -0.15) is 0 Å². The van der Waals surface area contributed by atoms with E-state index in [9.17, 15) is 28.3 Å². The summed E-state index contributed by atoms with van der Waals surface area (Å²) < 4.78 is 88.3. The number of carbonyl (C=O) groups excluding carboxylic acids is 4. The summed E-state index contributed by atoms with van der Waals surface area (Å²) in [7, 11) is -7.64. The molecule has 0 aliphatic carbocycles. The molecule has 0 aliphatic rings. The fourth-order valence-electron chi connectivity index (χ4n) is 6.89. The third kappa shape index (κ3) is 24.1. The van der Waals surface area contributed by atoms with Crippen molar-refractivity contribution in [1.29, 1.82) is 0 Å². The Labute approximate surface area is 508 Å². The summed E-state index contributed by atoms with van der Waals surface area (Å²) >= 11 is 13.6. The lowest BCUT2D eigenvalue weighted by atomic mass is 10.0. The second kappa shape index (κ2) is 32.6. The highest BCUT2D eigenvalue weighted by atomic mass is 79.9. The van der Waals surface area contributed by atoms with Crippen molar-refractivity contribution in [2.45, 2.75) is 129 Å². The van der Waals surface area contributed by atoms with Gasteiger partial charge in [-0.25, -0.2) is 9.59 Å². The number of esters is 4. The summed E-state index contributed by atoms with van der Waals surface area (Å²) in [5.74, 6) is -4.54. The molecule has 0 saturated heterocycles. The monoisotopic (exact) mass is 1440 g/mol. The summed E-state index contributed by atoms with van der Waals surface area (Å²) in [6.45, 7) is 20.3. The van der Waals surface area contributed by atoms with Crippen LogP contribution in [0, 0.1) is 11.8 Å². The van der Waals surface area contributed by atoms with E-state index >= 15 is 0 Å². The minimum absolute atomic E-state index is 0.000310. The number of benzene rings is 4. The third-order valence-electron chi connectivity index (χ3n) is 13.7. The molecule has 0 N–H and O–H groups in total. The minimum Gasteiger partial charge on any atom is -0.469 e. The molecule has 0 aliphatic heterocycles. The zero-order valence-corrected chi connectivity index (χ0v) is 58.3. The summed E-state index contributed by atoms with van der Waals surface area (Å²) in [5.41, 5.74) is 3.11. The minimum atomic E-state index is -3.90. The van der Waals surface area contributed by atoms with Gasteiger partial charge in [0.15, 0.2) is 16.6 Å². The zero-order chi connectivity index (χ0) is 60.3. The van der Waals surface area contributed by atoms with E-state index in [0.29, 0.717) is 0 Å². The van der Waals surface area contributed by atoms with Crippen molar-refractivity contribution in [3.63, 3.8) is 0 Å². The van der Waals surface area contributed by atoms with E-state index in [2.05, 4.69) is 63.7 Å². The van der Waals surface area contributed by atoms with Crippen LogP contribution in [-0.2, 0) is 101 Å². The molecule has 0 radical (unpaired) electrons. The average Bonchev–Trinajstić information content (AvgIpc) is 3.40. The zero-order valence-electron chi connectivity index (χ0n) is 48.1. The Morgan fingerprint density at radius 1 is 0.412 bits per heavy atom. The summed E-state index contributed by atoms with van der Waals surface area (Å²) in [6.07, 6.45) is -2.91. The number of ether oxygens (including phenoxy) is 4. The Bertz CT molecular complexity index is 2410. The first kappa shape index (κ1) is 71.6. The van der Waals surface area contributed by atoms with Crippen molar-refractivity contribution < 1.29 is 74.2 Å². The summed E-state index contributed by atoms with van der Waals surface area (Å²) in [5, 5.41) is -0.395. The molecule has 0 spiro atoms. The van der Waals surface area contributed by atoms with E-state index in [-0.39, 0.29) is 61.7 Å². The van der Waals surface area contributed by atoms with E-state index in [4.69, 9.17) is 45.9 Å². The smallest absolute Gasteiger partial charge is 0.333 e. The molecule has 24 heteroatoms. The van der Waals surface area contributed by atoms with Gasteiger partial charge >= 0.3 is 39.1 Å². The highest BCUT2D eigenvalue weighted by Crippen LogP contribution is 2.54. The van der Waals surface area contributed by atoms with Gasteiger partial charge in [0.25, 0.3) is 0 Å². The van der Waals surface area contributed by atoms with Gasteiger partial charge < -0.3 is 45.9 Å². The Morgan fingerprint density at radius 3 is 0.812 bits per heavy atom. The van der Waals surface area contributed by atoms with Crippen LogP contribution in [0.15, 0.2) is 115 Å². The summed E-state index contributed by atoms with van der Waals surface area (Å²) in [6, 6.07) is 29.5. The largest absolute Gasteiger partial charge is 0.469 e. The maximum absolute atomic E-state index is 14.2. The van der Waals surface area contributed by atoms with Gasteiger partial charge in [-0.05, 0) is 120 Å². The lowest BCUT2D eigenvalue weighted by Gasteiger charge is -2.39. The SMILES string of the molecule is COC(=O)[C@@H](C[C@H](O[Si](C)(C)C(C)(C)C)C(=O)OC)CP(=O)(OCc1ccc(Br)cc1)OCc1ccc(Br)cc1.COC(=O)[C@H](C[C@H](O[Si](C)(C)C(C)(C)C)C(=O)OC)CP(=O)(OCc1ccc(Br)cc1)OCc1ccc(Br)cc1. The molecule has 0 unspecified atom stereocenters. The average molecular weight is 1440 g/mol. The molecule has 0 bridgehead atoms. The lowest BCUT2D eigenvalue weighted by Crippen LogP contribution is -2.47. The van der Waals surface area contributed by atoms with Crippen LogP contribution in [0.2, 0.25) is 36.3 Å². The van der Waals surface area contributed by atoms with Crippen LogP contribution in [0.5, 0.6) is 0 Å². The highest BCUT2D eigenvalue weighted by molar-refractivity contribution is 9.11. The predicted octanol–water partition coefficient (Wildman–Crippen LogP) is 15.8. The second-order valence-electron chi connectivity index (χ2n) is 21.9. The van der Waals surface area contributed by atoms with Crippen molar-refractivity contribution in [2.75, 3.05) is 40.8 Å². The molecule has 444 valence electrons. The summed E-state index contributed by atoms with van der Waals surface area (Å²) in [4.78, 5) is 51.5. The van der Waals surface area contributed by atoms with Crippen molar-refractivity contribution in [3.05, 3.63) is 137 Å². The quantitative estimate of drug-likeness (QED) is 0.0225. The molecule has 0 heterocycles. The maximum atomic E-state index is 14.2. The fourth-order valence-corrected chi connectivity index (χ4v) is 14.1. The highest BCUT2D eigenvalue weighted by Gasteiger charge is 2.46. The molecule has 4 rings (SSSR count). The molecule has 0 amide bonds. The number of halogens is 4. The predicted molar refractivity (Wildman–Crippen MR) is 329 cm³/mol. The van der Waals surface area contributed by atoms with Crippen LogP contribution in [0.3, 0.4) is 0 Å². The van der Waals surface area contributed by atoms with Crippen LogP contribution < -0.4 is 0 Å². The molecule has 4 atom stereocenters. The normalized spacial score (nSPS) is 13.9. The van der Waals surface area contributed by atoms with Crippen molar-refractivity contribution in [2.24, 2.45) is 11.8 Å². The van der Waals surface area contributed by atoms with Crippen LogP contribution in [-0.4, -0.2) is 93.5 Å².